The van der Waals surface area contributed by atoms with E-state index in [1.807, 2.05) is 42.6 Å². The first kappa shape index (κ1) is 24.1. The summed E-state index contributed by atoms with van der Waals surface area (Å²) in [4.78, 5) is 36.5. The van der Waals surface area contributed by atoms with Crippen LogP contribution in [0.1, 0.15) is 48.8 Å². The van der Waals surface area contributed by atoms with Gasteiger partial charge in [0.25, 0.3) is 5.56 Å². The largest absolute Gasteiger partial charge is 0.301 e. The van der Waals surface area contributed by atoms with Gasteiger partial charge >= 0.3 is 0 Å². The fourth-order valence-corrected chi connectivity index (χ4v) is 7.13. The monoisotopic (exact) mass is 528 g/mol. The number of aromatic nitrogens is 3. The smallest absolute Gasteiger partial charge is 0.263 e. The van der Waals surface area contributed by atoms with Gasteiger partial charge in [-0.3, -0.25) is 14.2 Å². The molecule has 2 aromatic carbocycles. The molecule has 0 atom stereocenters. The third-order valence-corrected chi connectivity index (χ3v) is 9.13. The molecule has 4 aromatic rings. The molecule has 1 saturated carbocycles. The Kier molecular flexibility index (Phi) is 6.46. The number of rotatable bonds is 5. The molecule has 188 valence electrons. The van der Waals surface area contributed by atoms with E-state index < -0.39 is 0 Å². The molecule has 1 amide bonds. The number of thiazole rings is 1. The standard InChI is InChI=1S/C29H28N4O2S2/c1-19-9-11-21(12-10-19)33-26(35)24-25(32-28(33)37-18-23(34)31-27-30-15-16-36-27)22-8-4-3-7-20(22)17-29(24)13-5-2-6-14-29/h3-4,7-12,15-16H,2,5-6,13-14,17-18H2,1H3,(H,30,31,34). The number of hydrogen-bond donors (Lipinski definition) is 1. The number of amides is 1. The second kappa shape index (κ2) is 9.91. The number of thioether (sulfide) groups is 1. The Bertz CT molecular complexity index is 1500. The number of benzene rings is 2. The minimum Gasteiger partial charge on any atom is -0.301 e. The van der Waals surface area contributed by atoms with Crippen molar-refractivity contribution in [2.24, 2.45) is 0 Å². The Balaban J connectivity index is 1.50. The molecule has 2 aliphatic rings. The van der Waals surface area contributed by atoms with Crippen LogP contribution in [0.25, 0.3) is 16.9 Å². The zero-order valence-electron chi connectivity index (χ0n) is 20.7. The molecule has 0 aliphatic heterocycles. The van der Waals surface area contributed by atoms with Gasteiger partial charge in [0.15, 0.2) is 10.3 Å². The number of nitrogens with zero attached hydrogens (tertiary/aromatic N) is 3. The molecule has 0 saturated heterocycles. The molecule has 6 nitrogen and oxygen atoms in total. The molecule has 0 bridgehead atoms. The van der Waals surface area contributed by atoms with E-state index in [-0.39, 0.29) is 22.6 Å². The van der Waals surface area contributed by atoms with Gasteiger partial charge < -0.3 is 5.32 Å². The molecule has 0 radical (unpaired) electrons. The summed E-state index contributed by atoms with van der Waals surface area (Å²) in [6.07, 6.45) is 8.00. The molecule has 2 aromatic heterocycles. The van der Waals surface area contributed by atoms with E-state index in [1.54, 1.807) is 10.8 Å². The van der Waals surface area contributed by atoms with E-state index in [0.29, 0.717) is 10.3 Å². The van der Waals surface area contributed by atoms with Crippen LogP contribution in [-0.2, 0) is 16.6 Å². The minimum absolute atomic E-state index is 0.00640. The molecular weight excluding hydrogens is 500 g/mol. The molecule has 2 aliphatic carbocycles. The number of nitrogens with one attached hydrogen (secondary N) is 1. The molecule has 6 rings (SSSR count). The van der Waals surface area contributed by atoms with Crippen molar-refractivity contribution in [1.82, 2.24) is 14.5 Å². The highest BCUT2D eigenvalue weighted by Crippen LogP contribution is 2.49. The van der Waals surface area contributed by atoms with Crippen LogP contribution in [-0.4, -0.2) is 26.2 Å². The fraction of sp³-hybridized carbons (Fsp3) is 0.310. The van der Waals surface area contributed by atoms with Gasteiger partial charge in [0.1, 0.15) is 0 Å². The first-order valence-corrected chi connectivity index (χ1v) is 14.6. The van der Waals surface area contributed by atoms with Gasteiger partial charge in [-0.1, -0.05) is 73.0 Å². The highest BCUT2D eigenvalue weighted by molar-refractivity contribution is 7.99. The molecule has 8 heteroatoms. The van der Waals surface area contributed by atoms with Crippen molar-refractivity contribution in [3.8, 4) is 16.9 Å². The third-order valence-electron chi connectivity index (χ3n) is 7.50. The average Bonchev–Trinajstić information content (AvgIpc) is 3.41. The van der Waals surface area contributed by atoms with Crippen molar-refractivity contribution in [2.75, 3.05) is 11.1 Å². The van der Waals surface area contributed by atoms with Crippen LogP contribution in [0.2, 0.25) is 0 Å². The summed E-state index contributed by atoms with van der Waals surface area (Å²) in [7, 11) is 0. The molecule has 37 heavy (non-hydrogen) atoms. The van der Waals surface area contributed by atoms with Crippen molar-refractivity contribution in [1.29, 1.82) is 0 Å². The summed E-state index contributed by atoms with van der Waals surface area (Å²) in [5.41, 5.74) is 5.64. The molecule has 1 spiro atoms. The van der Waals surface area contributed by atoms with Crippen molar-refractivity contribution in [3.05, 3.63) is 87.2 Å². The number of anilines is 1. The zero-order valence-corrected chi connectivity index (χ0v) is 22.3. The van der Waals surface area contributed by atoms with Gasteiger partial charge in [-0.15, -0.1) is 11.3 Å². The minimum atomic E-state index is -0.191. The maximum atomic E-state index is 14.5. The van der Waals surface area contributed by atoms with E-state index in [2.05, 4.69) is 28.5 Å². The van der Waals surface area contributed by atoms with Crippen LogP contribution >= 0.6 is 23.1 Å². The SMILES string of the molecule is Cc1ccc(-n2c(SCC(=O)Nc3nccs3)nc3c(c2=O)C2(CCCCC2)Cc2ccccc2-3)cc1. The number of carbonyl (C=O) groups is 1. The topological polar surface area (TPSA) is 76.9 Å². The normalized spacial score (nSPS) is 15.7. The van der Waals surface area contributed by atoms with Crippen molar-refractivity contribution < 1.29 is 4.79 Å². The second-order valence-electron chi connectivity index (χ2n) is 9.94. The fourth-order valence-electron chi connectivity index (χ4n) is 5.78. The van der Waals surface area contributed by atoms with Gasteiger partial charge in [-0.05, 0) is 43.9 Å². The van der Waals surface area contributed by atoms with E-state index in [9.17, 15) is 9.59 Å². The Morgan fingerprint density at radius 1 is 1.11 bits per heavy atom. The van der Waals surface area contributed by atoms with E-state index in [4.69, 9.17) is 4.98 Å². The molecule has 2 heterocycles. The summed E-state index contributed by atoms with van der Waals surface area (Å²) in [5, 5.41) is 5.75. The van der Waals surface area contributed by atoms with Crippen LogP contribution in [0.3, 0.4) is 0 Å². The maximum absolute atomic E-state index is 14.5. The quantitative estimate of drug-likeness (QED) is 0.248. The van der Waals surface area contributed by atoms with Crippen LogP contribution in [0.5, 0.6) is 0 Å². The number of aryl methyl sites for hydroxylation is 1. The Hall–Kier alpha value is -3.23. The number of hydrogen-bond acceptors (Lipinski definition) is 6. The van der Waals surface area contributed by atoms with Gasteiger partial charge in [-0.2, -0.15) is 0 Å². The third kappa shape index (κ3) is 4.53. The zero-order chi connectivity index (χ0) is 25.4. The highest BCUT2D eigenvalue weighted by Gasteiger charge is 2.43. The number of carbonyl (C=O) groups excluding carboxylic acids is 1. The highest BCUT2D eigenvalue weighted by atomic mass is 32.2. The lowest BCUT2D eigenvalue weighted by molar-refractivity contribution is -0.113. The Labute approximate surface area is 224 Å². The van der Waals surface area contributed by atoms with E-state index in [0.717, 1.165) is 60.2 Å². The maximum Gasteiger partial charge on any atom is 0.263 e. The van der Waals surface area contributed by atoms with Gasteiger partial charge in [0.2, 0.25) is 5.91 Å². The lowest BCUT2D eigenvalue weighted by atomic mass is 9.62. The van der Waals surface area contributed by atoms with Gasteiger partial charge in [-0.25, -0.2) is 9.97 Å². The molecule has 0 unspecified atom stereocenters. The summed E-state index contributed by atoms with van der Waals surface area (Å²) < 4.78 is 1.73. The summed E-state index contributed by atoms with van der Waals surface area (Å²) in [5.74, 6) is -0.0461. The van der Waals surface area contributed by atoms with Crippen molar-refractivity contribution >= 4 is 34.1 Å². The second-order valence-corrected chi connectivity index (χ2v) is 11.8. The molecule has 1 N–H and O–H groups in total. The molecular formula is C29H28N4O2S2. The van der Waals surface area contributed by atoms with E-state index >= 15 is 0 Å². The van der Waals surface area contributed by atoms with Crippen molar-refractivity contribution in [2.45, 2.75) is 56.0 Å². The van der Waals surface area contributed by atoms with Crippen LogP contribution in [0.4, 0.5) is 5.13 Å². The predicted molar refractivity (Wildman–Crippen MR) is 150 cm³/mol. The lowest BCUT2D eigenvalue weighted by Crippen LogP contribution is -2.43. The Morgan fingerprint density at radius 3 is 2.65 bits per heavy atom. The number of fused-ring (bicyclic) bond motifs is 4. The first-order valence-electron chi connectivity index (χ1n) is 12.7. The first-order chi connectivity index (χ1) is 18.0. The van der Waals surface area contributed by atoms with Crippen molar-refractivity contribution in [3.63, 3.8) is 0 Å². The Morgan fingerprint density at radius 2 is 1.89 bits per heavy atom. The lowest BCUT2D eigenvalue weighted by Gasteiger charge is -2.42. The summed E-state index contributed by atoms with van der Waals surface area (Å²) in [6, 6.07) is 16.3. The van der Waals surface area contributed by atoms with Gasteiger partial charge in [0, 0.05) is 22.6 Å². The average molecular weight is 529 g/mol. The van der Waals surface area contributed by atoms with Crippen LogP contribution < -0.4 is 10.9 Å². The molecule has 1 fully saturated rings. The predicted octanol–water partition coefficient (Wildman–Crippen LogP) is 6.15. The summed E-state index contributed by atoms with van der Waals surface area (Å²) in [6.45, 7) is 2.03. The van der Waals surface area contributed by atoms with Gasteiger partial charge in [0.05, 0.1) is 22.7 Å². The van der Waals surface area contributed by atoms with Crippen LogP contribution in [0, 0.1) is 6.92 Å². The van der Waals surface area contributed by atoms with E-state index in [1.165, 1.54) is 35.1 Å². The van der Waals surface area contributed by atoms with Crippen LogP contribution in [0.15, 0.2) is 70.1 Å². The summed E-state index contributed by atoms with van der Waals surface area (Å²) >= 11 is 2.67.